The highest BCUT2D eigenvalue weighted by atomic mass is 16.2. The second-order valence-corrected chi connectivity index (χ2v) is 4.13. The van der Waals surface area contributed by atoms with E-state index in [0.29, 0.717) is 17.6 Å². The number of carbonyl (C=O) groups is 1. The minimum atomic E-state index is -0.280. The van der Waals surface area contributed by atoms with Crippen molar-refractivity contribution in [3.63, 3.8) is 0 Å². The van der Waals surface area contributed by atoms with E-state index in [-0.39, 0.29) is 6.03 Å². The minimum Gasteiger partial charge on any atom is -0.332 e. The van der Waals surface area contributed by atoms with Gasteiger partial charge in [0.05, 0.1) is 5.52 Å². The maximum atomic E-state index is 12.0. The van der Waals surface area contributed by atoms with Gasteiger partial charge in [0, 0.05) is 6.54 Å². The number of hydrogen-bond donors (Lipinski definition) is 1. The molecule has 0 aliphatic heterocycles. The molecule has 0 spiro atoms. The first-order valence-corrected chi connectivity index (χ1v) is 5.97. The largest absolute Gasteiger partial charge is 0.344 e. The highest BCUT2D eigenvalue weighted by Gasteiger charge is 2.10. The van der Waals surface area contributed by atoms with Gasteiger partial charge in [-0.25, -0.2) is 4.79 Å². The van der Waals surface area contributed by atoms with Crippen LogP contribution in [0, 0.1) is 0 Å². The molecule has 3 rings (SSSR count). The van der Waals surface area contributed by atoms with Crippen LogP contribution in [0.5, 0.6) is 0 Å². The smallest absolute Gasteiger partial charge is 0.332 e. The van der Waals surface area contributed by atoms with Crippen molar-refractivity contribution in [2.75, 3.05) is 0 Å². The van der Waals surface area contributed by atoms with Crippen LogP contribution in [0.25, 0.3) is 11.0 Å². The lowest BCUT2D eigenvalue weighted by Crippen LogP contribution is -2.28. The van der Waals surface area contributed by atoms with Crippen molar-refractivity contribution in [2.24, 2.45) is 0 Å². The molecule has 0 fully saturated rings. The summed E-state index contributed by atoms with van der Waals surface area (Å²) in [5, 5.41) is 10.6. The van der Waals surface area contributed by atoms with Gasteiger partial charge in [0.15, 0.2) is 0 Å². The average molecular weight is 252 g/mol. The van der Waals surface area contributed by atoms with Crippen molar-refractivity contribution >= 4 is 17.1 Å². The molecule has 1 amide bonds. The molecule has 0 saturated carbocycles. The first kappa shape index (κ1) is 11.4. The van der Waals surface area contributed by atoms with E-state index in [4.69, 9.17) is 0 Å². The summed E-state index contributed by atoms with van der Waals surface area (Å²) < 4.78 is 1.28. The summed E-state index contributed by atoms with van der Waals surface area (Å²) in [5.41, 5.74) is 2.45. The van der Waals surface area contributed by atoms with E-state index >= 15 is 0 Å². The Kier molecular flexibility index (Phi) is 2.94. The molecule has 3 aromatic rings. The third kappa shape index (κ3) is 2.30. The Morgan fingerprint density at radius 2 is 1.79 bits per heavy atom. The number of aromatic nitrogens is 3. The van der Waals surface area contributed by atoms with Gasteiger partial charge in [-0.3, -0.25) is 0 Å². The van der Waals surface area contributed by atoms with Crippen molar-refractivity contribution in [1.82, 2.24) is 20.3 Å². The van der Waals surface area contributed by atoms with Crippen LogP contribution in [-0.4, -0.2) is 21.0 Å². The number of fused-ring (bicyclic) bond motifs is 1. The van der Waals surface area contributed by atoms with Crippen molar-refractivity contribution in [2.45, 2.75) is 6.54 Å². The normalized spacial score (nSPS) is 10.5. The SMILES string of the molecule is O=C(NCc1ccccc1)n1nnc2ccccc21. The molecule has 1 heterocycles. The summed E-state index contributed by atoms with van der Waals surface area (Å²) in [4.78, 5) is 12.0. The van der Waals surface area contributed by atoms with Crippen LogP contribution < -0.4 is 5.32 Å². The molecule has 94 valence electrons. The average Bonchev–Trinajstić information content (AvgIpc) is 2.90. The summed E-state index contributed by atoms with van der Waals surface area (Å²) in [5.74, 6) is 0. The number of amides is 1. The summed E-state index contributed by atoms with van der Waals surface area (Å²) >= 11 is 0. The number of hydrogen-bond acceptors (Lipinski definition) is 3. The molecule has 0 aliphatic rings. The molecule has 0 saturated heterocycles. The Morgan fingerprint density at radius 1 is 1.05 bits per heavy atom. The van der Waals surface area contributed by atoms with Crippen molar-refractivity contribution in [3.8, 4) is 0 Å². The second-order valence-electron chi connectivity index (χ2n) is 4.13. The van der Waals surface area contributed by atoms with E-state index in [0.717, 1.165) is 5.56 Å². The molecule has 0 bridgehead atoms. The van der Waals surface area contributed by atoms with Crippen LogP contribution in [0.3, 0.4) is 0 Å². The lowest BCUT2D eigenvalue weighted by atomic mass is 10.2. The highest BCUT2D eigenvalue weighted by molar-refractivity contribution is 5.87. The van der Waals surface area contributed by atoms with Crippen LogP contribution in [0.2, 0.25) is 0 Å². The predicted octanol–water partition coefficient (Wildman–Crippen LogP) is 2.19. The number of nitrogens with zero attached hydrogens (tertiary/aromatic N) is 3. The van der Waals surface area contributed by atoms with Gasteiger partial charge in [-0.15, -0.1) is 5.10 Å². The molecule has 0 atom stereocenters. The summed E-state index contributed by atoms with van der Waals surface area (Å²) in [6.07, 6.45) is 0. The van der Waals surface area contributed by atoms with Gasteiger partial charge in [-0.05, 0) is 17.7 Å². The van der Waals surface area contributed by atoms with E-state index in [9.17, 15) is 4.79 Å². The fourth-order valence-corrected chi connectivity index (χ4v) is 1.87. The monoisotopic (exact) mass is 252 g/mol. The number of benzene rings is 2. The Labute approximate surface area is 109 Å². The second kappa shape index (κ2) is 4.89. The van der Waals surface area contributed by atoms with Gasteiger partial charge in [-0.1, -0.05) is 47.7 Å². The van der Waals surface area contributed by atoms with Gasteiger partial charge in [0.2, 0.25) is 0 Å². The highest BCUT2D eigenvalue weighted by Crippen LogP contribution is 2.09. The summed E-state index contributed by atoms with van der Waals surface area (Å²) in [6.45, 7) is 0.466. The molecule has 5 nitrogen and oxygen atoms in total. The van der Waals surface area contributed by atoms with Crippen LogP contribution in [0.1, 0.15) is 5.56 Å². The van der Waals surface area contributed by atoms with Gasteiger partial charge < -0.3 is 5.32 Å². The minimum absolute atomic E-state index is 0.280. The molecule has 0 radical (unpaired) electrons. The molecule has 5 heteroatoms. The first-order valence-electron chi connectivity index (χ1n) is 5.97. The zero-order valence-electron chi connectivity index (χ0n) is 10.2. The lowest BCUT2D eigenvalue weighted by molar-refractivity contribution is 0.239. The van der Waals surface area contributed by atoms with Crippen LogP contribution >= 0.6 is 0 Å². The zero-order chi connectivity index (χ0) is 13.1. The standard InChI is InChI=1S/C14H12N4O/c19-14(15-10-11-6-2-1-3-7-11)18-13-9-5-4-8-12(13)16-17-18/h1-9H,10H2,(H,15,19). The van der Waals surface area contributed by atoms with E-state index < -0.39 is 0 Å². The fraction of sp³-hybridized carbons (Fsp3) is 0.0714. The molecule has 1 N–H and O–H groups in total. The number of rotatable bonds is 2. The topological polar surface area (TPSA) is 59.8 Å². The predicted molar refractivity (Wildman–Crippen MR) is 71.6 cm³/mol. The van der Waals surface area contributed by atoms with Crippen molar-refractivity contribution in [3.05, 3.63) is 60.2 Å². The Bertz CT molecular complexity index is 706. The van der Waals surface area contributed by atoms with E-state index in [2.05, 4.69) is 15.6 Å². The van der Waals surface area contributed by atoms with E-state index in [1.165, 1.54) is 4.68 Å². The molecular weight excluding hydrogens is 240 g/mol. The Balaban J connectivity index is 1.77. The van der Waals surface area contributed by atoms with Crippen LogP contribution in [0.4, 0.5) is 4.79 Å². The maximum absolute atomic E-state index is 12.0. The summed E-state index contributed by atoms with van der Waals surface area (Å²) in [7, 11) is 0. The molecule has 2 aromatic carbocycles. The molecule has 0 aliphatic carbocycles. The molecule has 0 unspecified atom stereocenters. The number of nitrogens with one attached hydrogen (secondary N) is 1. The van der Waals surface area contributed by atoms with Crippen molar-refractivity contribution in [1.29, 1.82) is 0 Å². The summed E-state index contributed by atoms with van der Waals surface area (Å²) in [6, 6.07) is 16.8. The number of carbonyl (C=O) groups excluding carboxylic acids is 1. The van der Waals surface area contributed by atoms with Gasteiger partial charge in [0.1, 0.15) is 5.52 Å². The van der Waals surface area contributed by atoms with Gasteiger partial charge in [0.25, 0.3) is 0 Å². The molecule has 1 aromatic heterocycles. The molecule has 19 heavy (non-hydrogen) atoms. The van der Waals surface area contributed by atoms with Crippen LogP contribution in [0.15, 0.2) is 54.6 Å². The third-order valence-electron chi connectivity index (χ3n) is 2.83. The Morgan fingerprint density at radius 3 is 2.63 bits per heavy atom. The van der Waals surface area contributed by atoms with E-state index in [1.807, 2.05) is 54.6 Å². The lowest BCUT2D eigenvalue weighted by Gasteiger charge is -2.04. The maximum Gasteiger partial charge on any atom is 0.344 e. The quantitative estimate of drug-likeness (QED) is 0.760. The first-order chi connectivity index (χ1) is 9.34. The van der Waals surface area contributed by atoms with Crippen molar-refractivity contribution < 1.29 is 4.79 Å². The molecular formula is C14H12N4O. The third-order valence-corrected chi connectivity index (χ3v) is 2.83. The van der Waals surface area contributed by atoms with Crippen LogP contribution in [-0.2, 0) is 6.54 Å². The van der Waals surface area contributed by atoms with E-state index in [1.54, 1.807) is 0 Å². The number of para-hydroxylation sites is 1. The zero-order valence-corrected chi connectivity index (χ0v) is 10.2. The van der Waals surface area contributed by atoms with Gasteiger partial charge in [-0.2, -0.15) is 4.68 Å². The fourth-order valence-electron chi connectivity index (χ4n) is 1.87. The Hall–Kier alpha value is -2.69. The van der Waals surface area contributed by atoms with Gasteiger partial charge >= 0.3 is 6.03 Å².